The Bertz CT molecular complexity index is 1460. The van der Waals surface area contributed by atoms with Gasteiger partial charge in [0, 0.05) is 24.4 Å². The number of phenols is 1. The molecule has 0 amide bonds. The molecule has 0 aliphatic heterocycles. The number of nitrogens with zero attached hydrogens (tertiary/aromatic N) is 4. The zero-order valence-corrected chi connectivity index (χ0v) is 16.8. The maximum absolute atomic E-state index is 10.4. The number of aromatic nitrogens is 3. The lowest BCUT2D eigenvalue weighted by atomic mass is 9.98. The third kappa shape index (κ3) is 3.21. The normalized spacial score (nSPS) is 10.8. The molecule has 5 aromatic rings. The molecule has 2 heterocycles. The van der Waals surface area contributed by atoms with Gasteiger partial charge in [0.1, 0.15) is 11.6 Å². The van der Waals surface area contributed by atoms with E-state index >= 15 is 0 Å². The third-order valence-electron chi connectivity index (χ3n) is 5.39. The minimum atomic E-state index is 0.167. The van der Waals surface area contributed by atoms with Gasteiger partial charge < -0.3 is 9.67 Å². The van der Waals surface area contributed by atoms with Crippen molar-refractivity contribution < 1.29 is 5.11 Å². The molecule has 0 unspecified atom stereocenters. The molecule has 5 nitrogen and oxygen atoms in total. The van der Waals surface area contributed by atoms with Crippen LogP contribution in [-0.4, -0.2) is 19.6 Å². The van der Waals surface area contributed by atoms with Crippen LogP contribution in [0.4, 0.5) is 0 Å². The van der Waals surface area contributed by atoms with E-state index in [1.165, 1.54) is 0 Å². The van der Waals surface area contributed by atoms with Gasteiger partial charge in [-0.05, 0) is 48.0 Å². The Hall–Kier alpha value is -4.43. The lowest BCUT2D eigenvalue weighted by Crippen LogP contribution is -1.93. The molecule has 0 aliphatic rings. The topological polar surface area (TPSA) is 74.7 Å². The number of hydrogen-bond donors (Lipinski definition) is 1. The Morgan fingerprint density at radius 3 is 2.45 bits per heavy atom. The maximum atomic E-state index is 10.4. The van der Waals surface area contributed by atoms with Crippen molar-refractivity contribution in [3.8, 4) is 45.6 Å². The highest BCUT2D eigenvalue weighted by atomic mass is 16.3. The lowest BCUT2D eigenvalue weighted by molar-refractivity contribution is 0.476. The van der Waals surface area contributed by atoms with Crippen molar-refractivity contribution in [1.29, 1.82) is 5.26 Å². The fourth-order valence-corrected chi connectivity index (χ4v) is 3.86. The van der Waals surface area contributed by atoms with Crippen LogP contribution in [-0.2, 0) is 7.05 Å². The second-order valence-corrected chi connectivity index (χ2v) is 7.31. The molecule has 148 valence electrons. The molecule has 1 N–H and O–H groups in total. The van der Waals surface area contributed by atoms with Crippen molar-refractivity contribution in [3.05, 3.63) is 90.6 Å². The molecule has 0 spiro atoms. The quantitative estimate of drug-likeness (QED) is 0.429. The zero-order valence-electron chi connectivity index (χ0n) is 16.8. The lowest BCUT2D eigenvalue weighted by Gasteiger charge is -2.07. The summed E-state index contributed by atoms with van der Waals surface area (Å²) in [6.45, 7) is 0. The Balaban J connectivity index is 1.76. The summed E-state index contributed by atoms with van der Waals surface area (Å²) in [4.78, 5) is 9.32. The molecule has 0 saturated carbocycles. The van der Waals surface area contributed by atoms with Gasteiger partial charge in [0.2, 0.25) is 0 Å². The summed E-state index contributed by atoms with van der Waals surface area (Å²) in [5.74, 6) is 0.811. The monoisotopic (exact) mass is 402 g/mol. The fourth-order valence-electron chi connectivity index (χ4n) is 3.86. The number of aryl methyl sites for hydroxylation is 1. The van der Waals surface area contributed by atoms with E-state index in [1.807, 2.05) is 72.3 Å². The summed E-state index contributed by atoms with van der Waals surface area (Å²) in [6.07, 6.45) is 1.77. The molecular weight excluding hydrogens is 384 g/mol. The average molecular weight is 402 g/mol. The van der Waals surface area contributed by atoms with Crippen LogP contribution in [0.5, 0.6) is 5.75 Å². The van der Waals surface area contributed by atoms with Gasteiger partial charge in [0.25, 0.3) is 0 Å². The van der Waals surface area contributed by atoms with Crippen molar-refractivity contribution in [3.63, 3.8) is 0 Å². The highest BCUT2D eigenvalue weighted by molar-refractivity contribution is 5.96. The van der Waals surface area contributed by atoms with Crippen LogP contribution in [0.3, 0.4) is 0 Å². The molecule has 0 radical (unpaired) electrons. The number of imidazole rings is 1. The van der Waals surface area contributed by atoms with Crippen LogP contribution in [0.15, 0.2) is 85.1 Å². The summed E-state index contributed by atoms with van der Waals surface area (Å²) in [5, 5.41) is 20.0. The second kappa shape index (κ2) is 7.43. The molecule has 5 heteroatoms. The molecule has 0 atom stereocenters. The van der Waals surface area contributed by atoms with Crippen molar-refractivity contribution in [2.75, 3.05) is 0 Å². The van der Waals surface area contributed by atoms with Crippen LogP contribution < -0.4 is 0 Å². The van der Waals surface area contributed by atoms with Crippen LogP contribution in [0.1, 0.15) is 5.56 Å². The molecule has 0 bridgehead atoms. The molecule has 2 aromatic heterocycles. The van der Waals surface area contributed by atoms with E-state index < -0.39 is 0 Å². The van der Waals surface area contributed by atoms with Gasteiger partial charge in [-0.1, -0.05) is 36.4 Å². The number of para-hydroxylation sites is 1. The van der Waals surface area contributed by atoms with E-state index in [0.29, 0.717) is 17.0 Å². The Morgan fingerprint density at radius 1 is 0.871 bits per heavy atom. The maximum Gasteiger partial charge on any atom is 0.144 e. The van der Waals surface area contributed by atoms with Crippen LogP contribution >= 0.6 is 0 Å². The number of rotatable bonds is 3. The third-order valence-corrected chi connectivity index (χ3v) is 5.39. The summed E-state index contributed by atoms with van der Waals surface area (Å²) in [5.41, 5.74) is 6.49. The molecule has 5 rings (SSSR count). The van der Waals surface area contributed by atoms with E-state index in [4.69, 9.17) is 4.98 Å². The van der Waals surface area contributed by atoms with E-state index in [0.717, 1.165) is 33.4 Å². The first-order valence-electron chi connectivity index (χ1n) is 9.86. The molecule has 31 heavy (non-hydrogen) atoms. The van der Waals surface area contributed by atoms with Crippen molar-refractivity contribution in [2.45, 2.75) is 0 Å². The van der Waals surface area contributed by atoms with E-state index in [2.05, 4.69) is 17.1 Å². The summed E-state index contributed by atoms with van der Waals surface area (Å²) in [6, 6.07) is 27.0. The van der Waals surface area contributed by atoms with Gasteiger partial charge in [-0.2, -0.15) is 5.26 Å². The summed E-state index contributed by atoms with van der Waals surface area (Å²) in [7, 11) is 1.90. The van der Waals surface area contributed by atoms with E-state index in [9.17, 15) is 10.4 Å². The predicted molar refractivity (Wildman–Crippen MR) is 121 cm³/mol. The minimum absolute atomic E-state index is 0.167. The van der Waals surface area contributed by atoms with Crippen LogP contribution in [0.25, 0.3) is 44.8 Å². The smallest absolute Gasteiger partial charge is 0.144 e. The Labute approximate surface area is 179 Å². The Morgan fingerprint density at radius 2 is 1.68 bits per heavy atom. The summed E-state index contributed by atoms with van der Waals surface area (Å²) < 4.78 is 1.91. The van der Waals surface area contributed by atoms with Gasteiger partial charge in [-0.25, -0.2) is 4.98 Å². The van der Waals surface area contributed by atoms with Gasteiger partial charge in [-0.3, -0.25) is 4.98 Å². The van der Waals surface area contributed by atoms with Crippen LogP contribution in [0.2, 0.25) is 0 Å². The van der Waals surface area contributed by atoms with Crippen molar-refractivity contribution >= 4 is 11.0 Å². The van der Waals surface area contributed by atoms with Crippen molar-refractivity contribution in [1.82, 2.24) is 14.5 Å². The minimum Gasteiger partial charge on any atom is -0.507 e. The van der Waals surface area contributed by atoms with E-state index in [-0.39, 0.29) is 5.75 Å². The van der Waals surface area contributed by atoms with Gasteiger partial charge >= 0.3 is 0 Å². The standard InChI is InChI=1S/C26H18N4O/c1-30-23-14-17(16-27)13-21(25(23)29-26(30)20-9-2-3-11-24(20)31)18-7-6-8-19(15-18)22-10-4-5-12-28-22/h2-15,31H,1H3. The number of aromatic hydroxyl groups is 1. The first kappa shape index (κ1) is 18.6. The predicted octanol–water partition coefficient (Wildman–Crippen LogP) is 5.55. The largest absolute Gasteiger partial charge is 0.507 e. The molecule has 3 aromatic carbocycles. The molecular formula is C26H18N4O. The van der Waals surface area contributed by atoms with Gasteiger partial charge in [0.15, 0.2) is 0 Å². The first-order valence-corrected chi connectivity index (χ1v) is 9.86. The zero-order chi connectivity index (χ0) is 21.4. The molecule has 0 saturated heterocycles. The number of pyridine rings is 1. The Kier molecular flexibility index (Phi) is 4.46. The van der Waals surface area contributed by atoms with Gasteiger partial charge in [-0.15, -0.1) is 0 Å². The summed E-state index contributed by atoms with van der Waals surface area (Å²) >= 11 is 0. The number of nitriles is 1. The number of benzene rings is 3. The highest BCUT2D eigenvalue weighted by Gasteiger charge is 2.17. The average Bonchev–Trinajstić information content (AvgIpc) is 3.15. The number of fused-ring (bicyclic) bond motifs is 1. The van der Waals surface area contributed by atoms with E-state index in [1.54, 1.807) is 18.3 Å². The second-order valence-electron chi connectivity index (χ2n) is 7.31. The highest BCUT2D eigenvalue weighted by Crippen LogP contribution is 2.36. The van der Waals surface area contributed by atoms with Crippen LogP contribution in [0, 0.1) is 11.3 Å². The number of phenolic OH excluding ortho intramolecular Hbond substituents is 1. The SMILES string of the molecule is Cn1c(-c2ccccc2O)nc2c(-c3cccc(-c4ccccn4)c3)cc(C#N)cc21. The molecule has 0 fully saturated rings. The molecule has 0 aliphatic carbocycles. The van der Waals surface area contributed by atoms with Gasteiger partial charge in [0.05, 0.1) is 33.9 Å². The van der Waals surface area contributed by atoms with Crippen molar-refractivity contribution in [2.24, 2.45) is 7.05 Å². The first-order chi connectivity index (χ1) is 15.2. The number of hydrogen-bond acceptors (Lipinski definition) is 4. The fraction of sp³-hybridized carbons (Fsp3) is 0.0385.